The van der Waals surface area contributed by atoms with E-state index in [-0.39, 0.29) is 19.1 Å². The zero-order chi connectivity index (χ0) is 24.1. The molecule has 2 amide bonds. The number of nitrogens with zero attached hydrogens (tertiary/aromatic N) is 2. The first-order valence-corrected chi connectivity index (χ1v) is 11.1. The highest BCUT2D eigenvalue weighted by Gasteiger charge is 2.44. The number of carbonyl (C=O) groups excluding carboxylic acids is 2. The molecular weight excluding hydrogens is 456 g/mol. The summed E-state index contributed by atoms with van der Waals surface area (Å²) in [6, 6.07) is 24.2. The fraction of sp³-hybridized carbons (Fsp3) is 0.192. The number of hydrogen-bond acceptors (Lipinski definition) is 4. The Morgan fingerprint density at radius 3 is 2.21 bits per heavy atom. The van der Waals surface area contributed by atoms with Crippen LogP contribution in [0.5, 0.6) is 0 Å². The number of ether oxygens (including phenoxy) is 1. The third-order valence-electron chi connectivity index (χ3n) is 5.56. The van der Waals surface area contributed by atoms with Gasteiger partial charge in [-0.2, -0.15) is 0 Å². The minimum atomic E-state index is -1.14. The molecule has 1 saturated heterocycles. The second-order valence-corrected chi connectivity index (χ2v) is 8.34. The highest BCUT2D eigenvalue weighted by Crippen LogP contribution is 2.36. The predicted octanol–water partition coefficient (Wildman–Crippen LogP) is 3.93. The predicted molar refractivity (Wildman–Crippen MR) is 127 cm³/mol. The van der Waals surface area contributed by atoms with Crippen molar-refractivity contribution in [2.24, 2.45) is 0 Å². The van der Waals surface area contributed by atoms with Crippen molar-refractivity contribution in [1.29, 1.82) is 0 Å². The van der Waals surface area contributed by atoms with Crippen molar-refractivity contribution in [3.05, 3.63) is 101 Å². The van der Waals surface area contributed by atoms with Crippen molar-refractivity contribution >= 4 is 35.1 Å². The molecule has 0 spiro atoms. The van der Waals surface area contributed by atoms with E-state index in [4.69, 9.17) is 16.3 Å². The van der Waals surface area contributed by atoms with Gasteiger partial charge < -0.3 is 14.7 Å². The van der Waals surface area contributed by atoms with Crippen LogP contribution in [0.4, 0.5) is 5.69 Å². The zero-order valence-electron chi connectivity index (χ0n) is 18.2. The zero-order valence-corrected chi connectivity index (χ0v) is 19.0. The number of benzene rings is 3. The number of carboxylic acids is 1. The number of rotatable bonds is 7. The van der Waals surface area contributed by atoms with Crippen LogP contribution in [0.25, 0.3) is 0 Å². The Labute approximate surface area is 202 Å². The standard InChI is InChI=1S/C26H23ClN2O5/c27-20-11-13-21(14-12-20)29-22(30)17-34-25(24(29)19-9-5-2-6-10-19)26(33)28(16-23(31)32)15-18-7-3-1-4-8-18/h1-14,24-25H,15-17H2,(H,31,32)/t24-,25-/m1/s1. The fourth-order valence-corrected chi connectivity index (χ4v) is 4.18. The Morgan fingerprint density at radius 1 is 0.971 bits per heavy atom. The summed E-state index contributed by atoms with van der Waals surface area (Å²) in [6.07, 6.45) is -1.10. The molecule has 1 heterocycles. The van der Waals surface area contributed by atoms with E-state index in [2.05, 4.69) is 0 Å². The van der Waals surface area contributed by atoms with Gasteiger partial charge in [-0.1, -0.05) is 72.3 Å². The van der Waals surface area contributed by atoms with Crippen molar-refractivity contribution in [3.63, 3.8) is 0 Å². The van der Waals surface area contributed by atoms with Gasteiger partial charge in [0, 0.05) is 17.3 Å². The Hall–Kier alpha value is -3.68. The lowest BCUT2D eigenvalue weighted by Crippen LogP contribution is -2.55. The van der Waals surface area contributed by atoms with E-state index in [1.165, 1.54) is 9.80 Å². The number of aliphatic carboxylic acids is 1. The number of morpholine rings is 1. The monoisotopic (exact) mass is 478 g/mol. The van der Waals surface area contributed by atoms with Crippen molar-refractivity contribution in [2.45, 2.75) is 18.7 Å². The van der Waals surface area contributed by atoms with Crippen LogP contribution in [0.3, 0.4) is 0 Å². The summed E-state index contributed by atoms with van der Waals surface area (Å²) in [5.74, 6) is -1.96. The first-order chi connectivity index (χ1) is 16.4. The normalized spacial score (nSPS) is 17.9. The van der Waals surface area contributed by atoms with Gasteiger partial charge in [0.1, 0.15) is 13.2 Å². The molecular formula is C26H23ClN2O5. The van der Waals surface area contributed by atoms with Crippen LogP contribution in [0.15, 0.2) is 84.9 Å². The summed E-state index contributed by atoms with van der Waals surface area (Å²) < 4.78 is 5.79. The van der Waals surface area contributed by atoms with Crippen LogP contribution < -0.4 is 4.90 Å². The molecule has 0 unspecified atom stereocenters. The van der Waals surface area contributed by atoms with E-state index in [1.54, 1.807) is 24.3 Å². The molecule has 0 aliphatic carbocycles. The number of anilines is 1. The Balaban J connectivity index is 1.74. The molecule has 0 radical (unpaired) electrons. The van der Waals surface area contributed by atoms with Crippen LogP contribution in [0.2, 0.25) is 5.02 Å². The van der Waals surface area contributed by atoms with Gasteiger partial charge in [0.25, 0.3) is 11.8 Å². The largest absolute Gasteiger partial charge is 0.480 e. The molecule has 4 rings (SSSR count). The minimum Gasteiger partial charge on any atom is -0.480 e. The number of carbonyl (C=O) groups is 3. The van der Waals surface area contributed by atoms with Crippen LogP contribution in [0.1, 0.15) is 17.2 Å². The van der Waals surface area contributed by atoms with Gasteiger partial charge in [0.15, 0.2) is 6.10 Å². The average Bonchev–Trinajstić information content (AvgIpc) is 2.84. The molecule has 1 N–H and O–H groups in total. The van der Waals surface area contributed by atoms with Gasteiger partial charge in [-0.3, -0.25) is 19.3 Å². The van der Waals surface area contributed by atoms with E-state index in [1.807, 2.05) is 60.7 Å². The number of amides is 2. The van der Waals surface area contributed by atoms with E-state index in [0.29, 0.717) is 16.3 Å². The molecule has 1 aliphatic rings. The molecule has 3 aromatic carbocycles. The van der Waals surface area contributed by atoms with Crippen molar-refractivity contribution in [2.75, 3.05) is 18.1 Å². The Morgan fingerprint density at radius 2 is 1.59 bits per heavy atom. The maximum atomic E-state index is 13.7. The summed E-state index contributed by atoms with van der Waals surface area (Å²) in [5.41, 5.74) is 2.05. The van der Waals surface area contributed by atoms with E-state index < -0.39 is 30.6 Å². The molecule has 8 heteroatoms. The number of carboxylic acid groups (broad SMARTS) is 1. The Bertz CT molecular complexity index is 1150. The van der Waals surface area contributed by atoms with E-state index in [9.17, 15) is 19.5 Å². The quantitative estimate of drug-likeness (QED) is 0.556. The average molecular weight is 479 g/mol. The second-order valence-electron chi connectivity index (χ2n) is 7.90. The van der Waals surface area contributed by atoms with Crippen LogP contribution in [-0.4, -0.2) is 47.0 Å². The highest BCUT2D eigenvalue weighted by atomic mass is 35.5. The molecule has 0 saturated carbocycles. The summed E-state index contributed by atoms with van der Waals surface area (Å²) in [4.78, 5) is 41.1. The summed E-state index contributed by atoms with van der Waals surface area (Å²) >= 11 is 6.04. The molecule has 0 aromatic heterocycles. The smallest absolute Gasteiger partial charge is 0.323 e. The van der Waals surface area contributed by atoms with Crippen LogP contribution >= 0.6 is 11.6 Å². The topological polar surface area (TPSA) is 87.1 Å². The lowest BCUT2D eigenvalue weighted by Gasteiger charge is -2.42. The molecule has 34 heavy (non-hydrogen) atoms. The van der Waals surface area contributed by atoms with Gasteiger partial charge in [0.05, 0.1) is 6.04 Å². The minimum absolute atomic E-state index is 0.0994. The van der Waals surface area contributed by atoms with E-state index >= 15 is 0 Å². The highest BCUT2D eigenvalue weighted by molar-refractivity contribution is 6.30. The van der Waals surface area contributed by atoms with Crippen LogP contribution in [0, 0.1) is 0 Å². The molecule has 7 nitrogen and oxygen atoms in total. The number of hydrogen-bond donors (Lipinski definition) is 1. The van der Waals surface area contributed by atoms with Crippen molar-refractivity contribution < 1.29 is 24.2 Å². The number of halogens is 1. The molecule has 1 fully saturated rings. The van der Waals surface area contributed by atoms with Gasteiger partial charge in [-0.25, -0.2) is 0 Å². The SMILES string of the molecule is O=C(O)CN(Cc1ccccc1)C(=O)[C@@H]1OCC(=O)N(c2ccc(Cl)cc2)[C@@H]1c1ccccc1. The lowest BCUT2D eigenvalue weighted by atomic mass is 9.95. The third kappa shape index (κ3) is 5.27. The van der Waals surface area contributed by atoms with Gasteiger partial charge in [-0.05, 0) is 35.4 Å². The molecule has 3 aromatic rings. The van der Waals surface area contributed by atoms with Gasteiger partial charge in [-0.15, -0.1) is 0 Å². The lowest BCUT2D eigenvalue weighted by molar-refractivity contribution is -0.157. The summed E-state index contributed by atoms with van der Waals surface area (Å²) in [6.45, 7) is -0.708. The summed E-state index contributed by atoms with van der Waals surface area (Å²) in [7, 11) is 0. The van der Waals surface area contributed by atoms with Crippen molar-refractivity contribution in [1.82, 2.24) is 4.90 Å². The molecule has 1 aliphatic heterocycles. The summed E-state index contributed by atoms with van der Waals surface area (Å²) in [5, 5.41) is 10.00. The van der Waals surface area contributed by atoms with Gasteiger partial charge in [0.2, 0.25) is 0 Å². The third-order valence-corrected chi connectivity index (χ3v) is 5.82. The first-order valence-electron chi connectivity index (χ1n) is 10.7. The second kappa shape index (κ2) is 10.5. The molecule has 2 atom stereocenters. The first kappa shape index (κ1) is 23.5. The Kier molecular flexibility index (Phi) is 7.25. The van der Waals surface area contributed by atoms with Crippen molar-refractivity contribution in [3.8, 4) is 0 Å². The fourth-order valence-electron chi connectivity index (χ4n) is 4.06. The molecule has 0 bridgehead atoms. The van der Waals surface area contributed by atoms with Crippen LogP contribution in [-0.2, 0) is 25.7 Å². The van der Waals surface area contributed by atoms with Gasteiger partial charge >= 0.3 is 5.97 Å². The maximum Gasteiger partial charge on any atom is 0.323 e. The maximum absolute atomic E-state index is 13.7. The van der Waals surface area contributed by atoms with E-state index in [0.717, 1.165) is 5.56 Å². The molecule has 174 valence electrons.